The topological polar surface area (TPSA) is 100 Å². The zero-order chi connectivity index (χ0) is 11.0. The van der Waals surface area contributed by atoms with Crippen LogP contribution in [0.5, 0.6) is 5.88 Å². The Bertz CT molecular complexity index is 649. The Kier molecular flexibility index (Phi) is 1.76. The van der Waals surface area contributed by atoms with Crippen LogP contribution in [0.2, 0.25) is 0 Å². The molecule has 0 aliphatic heterocycles. The zero-order valence-electron chi connectivity index (χ0n) is 7.99. The number of nitrogens with one attached hydrogen (secondary N) is 1. The van der Waals surface area contributed by atoms with Crippen LogP contribution in [-0.4, -0.2) is 35.2 Å². The first-order valence-electron chi connectivity index (χ1n) is 4.51. The van der Waals surface area contributed by atoms with Crippen molar-refractivity contribution in [1.82, 2.24) is 30.1 Å². The van der Waals surface area contributed by atoms with Gasteiger partial charge in [-0.1, -0.05) is 0 Å². The van der Waals surface area contributed by atoms with Crippen molar-refractivity contribution >= 4 is 11.2 Å². The fraction of sp³-hybridized carbons (Fsp3) is 0. The lowest BCUT2D eigenvalue weighted by Crippen LogP contribution is -1.91. The lowest BCUT2D eigenvalue weighted by atomic mass is 10.2. The van der Waals surface area contributed by atoms with Crippen LogP contribution in [0.3, 0.4) is 0 Å². The van der Waals surface area contributed by atoms with Crippen LogP contribution in [0.15, 0.2) is 24.9 Å². The van der Waals surface area contributed by atoms with Gasteiger partial charge in [0.1, 0.15) is 17.5 Å². The predicted molar refractivity (Wildman–Crippen MR) is 54.4 cm³/mol. The van der Waals surface area contributed by atoms with Crippen molar-refractivity contribution in [2.24, 2.45) is 0 Å². The van der Waals surface area contributed by atoms with Gasteiger partial charge in [0.25, 0.3) is 0 Å². The van der Waals surface area contributed by atoms with Gasteiger partial charge in [0, 0.05) is 0 Å². The van der Waals surface area contributed by atoms with Gasteiger partial charge in [-0.3, -0.25) is 0 Å². The van der Waals surface area contributed by atoms with Gasteiger partial charge in [-0.05, 0) is 6.07 Å². The molecule has 0 radical (unpaired) electrons. The first-order valence-corrected chi connectivity index (χ1v) is 4.51. The molecule has 0 bridgehead atoms. The second-order valence-corrected chi connectivity index (χ2v) is 3.09. The van der Waals surface area contributed by atoms with Gasteiger partial charge in [-0.25, -0.2) is 15.0 Å². The van der Waals surface area contributed by atoms with Crippen molar-refractivity contribution in [1.29, 1.82) is 0 Å². The van der Waals surface area contributed by atoms with E-state index in [0.29, 0.717) is 22.4 Å². The van der Waals surface area contributed by atoms with E-state index in [-0.39, 0.29) is 5.88 Å². The van der Waals surface area contributed by atoms with Crippen molar-refractivity contribution in [3.05, 3.63) is 24.9 Å². The van der Waals surface area contributed by atoms with Gasteiger partial charge >= 0.3 is 0 Å². The Balaban J connectivity index is 2.34. The molecule has 0 amide bonds. The summed E-state index contributed by atoms with van der Waals surface area (Å²) < 4.78 is 0. The minimum Gasteiger partial charge on any atom is -0.492 e. The largest absolute Gasteiger partial charge is 0.492 e. The fourth-order valence-electron chi connectivity index (χ4n) is 1.47. The minimum atomic E-state index is -0.175. The van der Waals surface area contributed by atoms with E-state index in [2.05, 4.69) is 30.1 Å². The molecule has 78 valence electrons. The molecule has 0 atom stereocenters. The van der Waals surface area contributed by atoms with Gasteiger partial charge in [0.2, 0.25) is 5.88 Å². The molecule has 0 aromatic carbocycles. The number of H-pyrrole nitrogens is 1. The molecular formula is C9H6N6O. The van der Waals surface area contributed by atoms with Crippen molar-refractivity contribution in [2.45, 2.75) is 0 Å². The molecule has 3 heterocycles. The van der Waals surface area contributed by atoms with E-state index in [9.17, 15) is 5.11 Å². The maximum absolute atomic E-state index is 9.59. The Morgan fingerprint density at radius 3 is 3.00 bits per heavy atom. The first kappa shape index (κ1) is 8.72. The first-order chi connectivity index (χ1) is 7.86. The number of hydrogen-bond donors (Lipinski definition) is 2. The van der Waals surface area contributed by atoms with Crippen LogP contribution < -0.4 is 0 Å². The quantitative estimate of drug-likeness (QED) is 0.612. The highest BCUT2D eigenvalue weighted by molar-refractivity contribution is 5.87. The summed E-state index contributed by atoms with van der Waals surface area (Å²) in [7, 11) is 0. The predicted octanol–water partition coefficient (Wildman–Crippen LogP) is 0.515. The van der Waals surface area contributed by atoms with E-state index in [1.807, 2.05) is 0 Å². The molecule has 0 aliphatic rings. The lowest BCUT2D eigenvalue weighted by molar-refractivity contribution is 0.447. The minimum absolute atomic E-state index is 0.175. The monoisotopic (exact) mass is 214 g/mol. The summed E-state index contributed by atoms with van der Waals surface area (Å²) in [4.78, 5) is 15.1. The summed E-state index contributed by atoms with van der Waals surface area (Å²) >= 11 is 0. The van der Waals surface area contributed by atoms with Gasteiger partial charge in [-0.2, -0.15) is 5.10 Å². The number of aromatic nitrogens is 6. The number of aromatic hydroxyl groups is 1. The molecule has 0 aliphatic carbocycles. The van der Waals surface area contributed by atoms with Gasteiger partial charge in [0.15, 0.2) is 5.65 Å². The molecule has 2 N–H and O–H groups in total. The van der Waals surface area contributed by atoms with E-state index >= 15 is 0 Å². The molecule has 0 unspecified atom stereocenters. The van der Waals surface area contributed by atoms with E-state index in [1.165, 1.54) is 18.9 Å². The summed E-state index contributed by atoms with van der Waals surface area (Å²) in [5.41, 5.74) is 2.21. The molecule has 3 aromatic heterocycles. The average Bonchev–Trinajstić information content (AvgIpc) is 2.77. The van der Waals surface area contributed by atoms with Crippen molar-refractivity contribution in [2.75, 3.05) is 0 Å². The Morgan fingerprint density at radius 1 is 1.19 bits per heavy atom. The Morgan fingerprint density at radius 2 is 2.12 bits per heavy atom. The lowest BCUT2D eigenvalue weighted by Gasteiger charge is -2.01. The highest BCUT2D eigenvalue weighted by Gasteiger charge is 2.12. The second-order valence-electron chi connectivity index (χ2n) is 3.09. The number of imidazole rings is 1. The normalized spacial score (nSPS) is 10.8. The third-order valence-corrected chi connectivity index (χ3v) is 2.17. The van der Waals surface area contributed by atoms with E-state index in [0.717, 1.165) is 0 Å². The molecular weight excluding hydrogens is 208 g/mol. The molecule has 16 heavy (non-hydrogen) atoms. The average molecular weight is 214 g/mol. The summed E-state index contributed by atoms with van der Waals surface area (Å²) in [6.45, 7) is 0. The molecule has 7 heteroatoms. The molecule has 0 spiro atoms. The SMILES string of the molecule is Oc1nnccc1-c1ncnc2[nH]cnc12. The van der Waals surface area contributed by atoms with Gasteiger partial charge < -0.3 is 10.1 Å². The number of rotatable bonds is 1. The molecule has 0 saturated heterocycles. The molecule has 3 rings (SSSR count). The molecule has 3 aromatic rings. The third-order valence-electron chi connectivity index (χ3n) is 2.17. The molecule has 7 nitrogen and oxygen atoms in total. The van der Waals surface area contributed by atoms with Gasteiger partial charge in [-0.15, -0.1) is 5.10 Å². The van der Waals surface area contributed by atoms with Crippen LogP contribution in [-0.2, 0) is 0 Å². The van der Waals surface area contributed by atoms with Crippen LogP contribution in [0.4, 0.5) is 0 Å². The van der Waals surface area contributed by atoms with Crippen molar-refractivity contribution < 1.29 is 5.11 Å². The summed E-state index contributed by atoms with van der Waals surface area (Å²) in [6.07, 6.45) is 4.40. The van der Waals surface area contributed by atoms with Crippen LogP contribution in [0, 0.1) is 0 Å². The maximum Gasteiger partial charge on any atom is 0.240 e. The van der Waals surface area contributed by atoms with Crippen LogP contribution >= 0.6 is 0 Å². The molecule has 0 fully saturated rings. The standard InChI is InChI=1S/C9H6N6O/c16-9-5(1-2-14-15-9)6-7-8(12-3-10-6)13-4-11-7/h1-4H,(H,15,16)(H,10,11,12,13). The smallest absolute Gasteiger partial charge is 0.240 e. The highest BCUT2D eigenvalue weighted by Crippen LogP contribution is 2.27. The van der Waals surface area contributed by atoms with E-state index in [4.69, 9.17) is 0 Å². The number of hydrogen-bond acceptors (Lipinski definition) is 6. The highest BCUT2D eigenvalue weighted by atomic mass is 16.3. The van der Waals surface area contributed by atoms with E-state index in [1.54, 1.807) is 6.07 Å². The number of aromatic amines is 1. The summed E-state index contributed by atoms with van der Waals surface area (Å²) in [5.74, 6) is -0.175. The molecule has 0 saturated carbocycles. The number of nitrogens with zero attached hydrogens (tertiary/aromatic N) is 5. The maximum atomic E-state index is 9.59. The summed E-state index contributed by atoms with van der Waals surface area (Å²) in [5, 5.41) is 16.7. The Hall–Kier alpha value is -2.57. The zero-order valence-corrected chi connectivity index (χ0v) is 7.99. The van der Waals surface area contributed by atoms with E-state index < -0.39 is 0 Å². The summed E-state index contributed by atoms with van der Waals surface area (Å²) in [6, 6.07) is 1.62. The Labute approximate surface area is 89.2 Å². The fourth-order valence-corrected chi connectivity index (χ4v) is 1.47. The third kappa shape index (κ3) is 1.18. The van der Waals surface area contributed by atoms with Crippen LogP contribution in [0.1, 0.15) is 0 Å². The second kappa shape index (κ2) is 3.23. The van der Waals surface area contributed by atoms with Gasteiger partial charge in [0.05, 0.1) is 18.1 Å². The van der Waals surface area contributed by atoms with Crippen molar-refractivity contribution in [3.8, 4) is 17.1 Å². The number of fused-ring (bicyclic) bond motifs is 1. The van der Waals surface area contributed by atoms with Crippen molar-refractivity contribution in [3.63, 3.8) is 0 Å². The van der Waals surface area contributed by atoms with Crippen LogP contribution in [0.25, 0.3) is 22.4 Å².